The Morgan fingerprint density at radius 1 is 1.20 bits per heavy atom. The minimum Gasteiger partial charge on any atom is -0.381 e. The van der Waals surface area contributed by atoms with Gasteiger partial charge in [-0.1, -0.05) is 6.92 Å². The van der Waals surface area contributed by atoms with Crippen LogP contribution >= 0.6 is 0 Å². The van der Waals surface area contributed by atoms with E-state index < -0.39 is 0 Å². The standard InChI is InChI=1S/C12H24N2O/c1-2-14(11-5-8-15-9-6-11)12-4-3-7-13-10-12/h11-13H,2-10H2,1H3. The number of nitrogens with one attached hydrogen (secondary N) is 1. The topological polar surface area (TPSA) is 24.5 Å². The van der Waals surface area contributed by atoms with Gasteiger partial charge in [-0.2, -0.15) is 0 Å². The molecule has 2 rings (SSSR count). The van der Waals surface area contributed by atoms with Crippen molar-refractivity contribution < 1.29 is 4.74 Å². The Hall–Kier alpha value is -0.120. The van der Waals surface area contributed by atoms with Gasteiger partial charge in [0.2, 0.25) is 0 Å². The van der Waals surface area contributed by atoms with Crippen molar-refractivity contribution in [3.05, 3.63) is 0 Å². The second-order valence-electron chi connectivity index (χ2n) is 4.67. The summed E-state index contributed by atoms with van der Waals surface area (Å²) in [4.78, 5) is 2.70. The fourth-order valence-electron chi connectivity index (χ4n) is 2.95. The van der Waals surface area contributed by atoms with Crippen molar-refractivity contribution in [2.24, 2.45) is 0 Å². The highest BCUT2D eigenvalue weighted by molar-refractivity contribution is 4.84. The van der Waals surface area contributed by atoms with E-state index in [9.17, 15) is 0 Å². The molecule has 2 heterocycles. The Bertz CT molecular complexity index is 156. The van der Waals surface area contributed by atoms with Gasteiger partial charge < -0.3 is 10.1 Å². The normalized spacial score (nSPS) is 29.6. The summed E-state index contributed by atoms with van der Waals surface area (Å²) in [5.41, 5.74) is 0. The van der Waals surface area contributed by atoms with Crippen LogP contribution in [0.4, 0.5) is 0 Å². The molecule has 0 radical (unpaired) electrons. The monoisotopic (exact) mass is 212 g/mol. The third-order valence-electron chi connectivity index (χ3n) is 3.76. The molecule has 1 unspecified atom stereocenters. The van der Waals surface area contributed by atoms with E-state index in [0.717, 1.165) is 25.3 Å². The molecule has 1 atom stereocenters. The van der Waals surface area contributed by atoms with Crippen molar-refractivity contribution in [1.82, 2.24) is 10.2 Å². The Morgan fingerprint density at radius 3 is 2.60 bits per heavy atom. The van der Waals surface area contributed by atoms with Gasteiger partial charge in [-0.05, 0) is 38.8 Å². The van der Waals surface area contributed by atoms with E-state index in [1.54, 1.807) is 0 Å². The Kier molecular flexibility index (Phi) is 4.42. The lowest BCUT2D eigenvalue weighted by Crippen LogP contribution is -2.51. The fourth-order valence-corrected chi connectivity index (χ4v) is 2.95. The van der Waals surface area contributed by atoms with Crippen LogP contribution in [-0.4, -0.2) is 49.8 Å². The zero-order valence-corrected chi connectivity index (χ0v) is 9.87. The van der Waals surface area contributed by atoms with Crippen molar-refractivity contribution in [3.63, 3.8) is 0 Å². The molecule has 3 heteroatoms. The third kappa shape index (κ3) is 2.92. The summed E-state index contributed by atoms with van der Waals surface area (Å²) in [6.07, 6.45) is 5.16. The van der Waals surface area contributed by atoms with E-state index >= 15 is 0 Å². The predicted molar refractivity (Wildman–Crippen MR) is 62.1 cm³/mol. The maximum atomic E-state index is 5.44. The van der Waals surface area contributed by atoms with Crippen molar-refractivity contribution in [1.29, 1.82) is 0 Å². The summed E-state index contributed by atoms with van der Waals surface area (Å²) in [6.45, 7) is 7.80. The van der Waals surface area contributed by atoms with Gasteiger partial charge in [-0.3, -0.25) is 4.90 Å². The van der Waals surface area contributed by atoms with E-state index in [0.29, 0.717) is 0 Å². The van der Waals surface area contributed by atoms with Crippen LogP contribution in [0.3, 0.4) is 0 Å². The maximum absolute atomic E-state index is 5.44. The molecule has 1 N–H and O–H groups in total. The lowest BCUT2D eigenvalue weighted by molar-refractivity contribution is 0.0144. The molecule has 0 bridgehead atoms. The van der Waals surface area contributed by atoms with Gasteiger partial charge in [0.15, 0.2) is 0 Å². The van der Waals surface area contributed by atoms with E-state index in [2.05, 4.69) is 17.1 Å². The number of hydrogen-bond donors (Lipinski definition) is 1. The van der Waals surface area contributed by atoms with E-state index in [4.69, 9.17) is 4.74 Å². The Morgan fingerprint density at radius 2 is 2.00 bits per heavy atom. The van der Waals surface area contributed by atoms with Crippen LogP contribution in [0, 0.1) is 0 Å². The first kappa shape index (κ1) is 11.4. The van der Waals surface area contributed by atoms with Crippen LogP contribution in [0.5, 0.6) is 0 Å². The molecular formula is C12H24N2O. The lowest BCUT2D eigenvalue weighted by atomic mass is 10.00. The zero-order valence-electron chi connectivity index (χ0n) is 9.87. The van der Waals surface area contributed by atoms with Gasteiger partial charge in [0, 0.05) is 31.8 Å². The molecular weight excluding hydrogens is 188 g/mol. The minimum atomic E-state index is 0.770. The first-order valence-corrected chi connectivity index (χ1v) is 6.46. The van der Waals surface area contributed by atoms with Crippen molar-refractivity contribution in [2.75, 3.05) is 32.8 Å². The molecule has 0 amide bonds. The molecule has 88 valence electrons. The average Bonchev–Trinajstić information content (AvgIpc) is 2.33. The second-order valence-corrected chi connectivity index (χ2v) is 4.67. The molecule has 0 aliphatic carbocycles. The molecule has 15 heavy (non-hydrogen) atoms. The van der Waals surface area contributed by atoms with Crippen LogP contribution in [0.15, 0.2) is 0 Å². The van der Waals surface area contributed by atoms with Gasteiger partial charge in [0.25, 0.3) is 0 Å². The Balaban J connectivity index is 1.88. The number of piperidine rings is 1. The quantitative estimate of drug-likeness (QED) is 0.762. The van der Waals surface area contributed by atoms with Gasteiger partial charge >= 0.3 is 0 Å². The van der Waals surface area contributed by atoms with Crippen molar-refractivity contribution >= 4 is 0 Å². The smallest absolute Gasteiger partial charge is 0.0480 e. The molecule has 0 saturated carbocycles. The number of nitrogens with zero attached hydrogens (tertiary/aromatic N) is 1. The summed E-state index contributed by atoms with van der Waals surface area (Å²) in [7, 11) is 0. The van der Waals surface area contributed by atoms with E-state index in [1.165, 1.54) is 45.3 Å². The largest absolute Gasteiger partial charge is 0.381 e. The highest BCUT2D eigenvalue weighted by Crippen LogP contribution is 2.20. The highest BCUT2D eigenvalue weighted by Gasteiger charge is 2.27. The molecule has 0 aromatic rings. The van der Waals surface area contributed by atoms with Crippen LogP contribution in [-0.2, 0) is 4.74 Å². The lowest BCUT2D eigenvalue weighted by Gasteiger charge is -2.41. The SMILES string of the molecule is CCN(C1CCOCC1)C1CCCNC1. The van der Waals surface area contributed by atoms with Crippen LogP contribution in [0.25, 0.3) is 0 Å². The first-order chi connectivity index (χ1) is 7.42. The van der Waals surface area contributed by atoms with Gasteiger partial charge in [-0.15, -0.1) is 0 Å². The van der Waals surface area contributed by atoms with Crippen molar-refractivity contribution in [3.8, 4) is 0 Å². The van der Waals surface area contributed by atoms with Gasteiger partial charge in [-0.25, -0.2) is 0 Å². The summed E-state index contributed by atoms with van der Waals surface area (Å²) >= 11 is 0. The molecule has 2 saturated heterocycles. The van der Waals surface area contributed by atoms with Crippen LogP contribution in [0.2, 0.25) is 0 Å². The summed E-state index contributed by atoms with van der Waals surface area (Å²) < 4.78 is 5.44. The molecule has 0 aromatic carbocycles. The Labute approximate surface area is 93.2 Å². The third-order valence-corrected chi connectivity index (χ3v) is 3.76. The van der Waals surface area contributed by atoms with Crippen LogP contribution < -0.4 is 5.32 Å². The van der Waals surface area contributed by atoms with Gasteiger partial charge in [0.1, 0.15) is 0 Å². The summed E-state index contributed by atoms with van der Waals surface area (Å²) in [5, 5.41) is 3.52. The predicted octanol–water partition coefficient (Wildman–Crippen LogP) is 1.24. The highest BCUT2D eigenvalue weighted by atomic mass is 16.5. The zero-order chi connectivity index (χ0) is 10.5. The molecule has 3 nitrogen and oxygen atoms in total. The average molecular weight is 212 g/mol. The van der Waals surface area contributed by atoms with Crippen molar-refractivity contribution in [2.45, 2.75) is 44.7 Å². The number of hydrogen-bond acceptors (Lipinski definition) is 3. The summed E-state index contributed by atoms with van der Waals surface area (Å²) in [5.74, 6) is 0. The molecule has 0 spiro atoms. The van der Waals surface area contributed by atoms with Crippen LogP contribution in [0.1, 0.15) is 32.6 Å². The second kappa shape index (κ2) is 5.83. The molecule has 2 aliphatic rings. The first-order valence-electron chi connectivity index (χ1n) is 6.46. The number of ether oxygens (including phenoxy) is 1. The fraction of sp³-hybridized carbons (Fsp3) is 1.00. The molecule has 2 aliphatic heterocycles. The number of likely N-dealkylation sites (N-methyl/N-ethyl adjacent to an activating group) is 1. The van der Waals surface area contributed by atoms with E-state index in [-0.39, 0.29) is 0 Å². The maximum Gasteiger partial charge on any atom is 0.0480 e. The molecule has 0 aromatic heterocycles. The van der Waals surface area contributed by atoms with Gasteiger partial charge in [0.05, 0.1) is 0 Å². The minimum absolute atomic E-state index is 0.770. The molecule has 2 fully saturated rings. The summed E-state index contributed by atoms with van der Waals surface area (Å²) in [6, 6.07) is 1.54. The van der Waals surface area contributed by atoms with E-state index in [1.807, 2.05) is 0 Å². The number of rotatable bonds is 3.